The molecule has 0 radical (unpaired) electrons. The number of piperidine rings is 1. The Morgan fingerprint density at radius 2 is 2.24 bits per heavy atom. The number of benzene rings is 1. The number of aryl methyl sites for hydroxylation is 1. The fraction of sp³-hybridized carbons (Fsp3) is 0.588. The predicted molar refractivity (Wildman–Crippen MR) is 84.5 cm³/mol. The van der Waals surface area contributed by atoms with E-state index in [1.165, 1.54) is 0 Å². The molecule has 0 saturated carbocycles. The highest BCUT2D eigenvalue weighted by atomic mass is 16.5. The van der Waals surface area contributed by atoms with Gasteiger partial charge in [0, 0.05) is 12.1 Å². The lowest BCUT2D eigenvalue weighted by molar-refractivity contribution is -0.131. The molecule has 1 amide bonds. The van der Waals surface area contributed by atoms with Crippen LogP contribution in [0.5, 0.6) is 5.75 Å². The van der Waals surface area contributed by atoms with Crippen LogP contribution in [0.2, 0.25) is 0 Å². The van der Waals surface area contributed by atoms with Crippen molar-refractivity contribution < 1.29 is 9.53 Å². The summed E-state index contributed by atoms with van der Waals surface area (Å²) in [5.74, 6) is 0.936. The number of methoxy groups -OCH3 is 1. The lowest BCUT2D eigenvalue weighted by Gasteiger charge is -2.34. The average molecular weight is 290 g/mol. The van der Waals surface area contributed by atoms with Crippen LogP contribution in [0.3, 0.4) is 0 Å². The van der Waals surface area contributed by atoms with Crippen LogP contribution >= 0.6 is 0 Å². The normalized spacial score (nSPS) is 23.4. The van der Waals surface area contributed by atoms with Gasteiger partial charge in [-0.2, -0.15) is 0 Å². The fourth-order valence-corrected chi connectivity index (χ4v) is 2.89. The fourth-order valence-electron chi connectivity index (χ4n) is 2.89. The van der Waals surface area contributed by atoms with Gasteiger partial charge in [-0.25, -0.2) is 0 Å². The first-order valence-electron chi connectivity index (χ1n) is 7.62. The minimum atomic E-state index is -0.316. The maximum absolute atomic E-state index is 12.6. The Balaban J connectivity index is 2.12. The van der Waals surface area contributed by atoms with E-state index >= 15 is 0 Å². The number of carbonyl (C=O) groups is 1. The molecule has 21 heavy (non-hydrogen) atoms. The van der Waals surface area contributed by atoms with Crippen LogP contribution in [0.25, 0.3) is 0 Å². The van der Waals surface area contributed by atoms with Gasteiger partial charge in [-0.1, -0.05) is 17.7 Å². The molecule has 1 heterocycles. The summed E-state index contributed by atoms with van der Waals surface area (Å²) in [7, 11) is 1.66. The van der Waals surface area contributed by atoms with Crippen molar-refractivity contribution in [2.75, 3.05) is 20.2 Å². The number of ether oxygens (including phenoxy) is 1. The van der Waals surface area contributed by atoms with Crippen molar-refractivity contribution in [3.05, 3.63) is 29.3 Å². The Bertz CT molecular complexity index is 508. The maximum Gasteiger partial charge on any atom is 0.227 e. The molecule has 0 bridgehead atoms. The molecular formula is C17H26N2O2. The minimum Gasteiger partial charge on any atom is -0.496 e. The molecular weight excluding hydrogens is 264 g/mol. The first-order chi connectivity index (χ1) is 9.96. The molecule has 1 saturated heterocycles. The van der Waals surface area contributed by atoms with Gasteiger partial charge in [0.25, 0.3) is 0 Å². The topological polar surface area (TPSA) is 50.4 Å². The van der Waals surface area contributed by atoms with Crippen LogP contribution in [-0.4, -0.2) is 26.1 Å². The minimum absolute atomic E-state index is 0.0638. The highest BCUT2D eigenvalue weighted by Gasteiger charge is 2.35. The summed E-state index contributed by atoms with van der Waals surface area (Å²) in [5, 5.41) is 6.46. The summed E-state index contributed by atoms with van der Waals surface area (Å²) < 4.78 is 5.41. The number of carbonyl (C=O) groups excluding carboxylic acids is 1. The van der Waals surface area contributed by atoms with E-state index in [2.05, 4.69) is 16.7 Å². The molecule has 0 spiro atoms. The summed E-state index contributed by atoms with van der Waals surface area (Å²) in [4.78, 5) is 12.6. The second-order valence-electron chi connectivity index (χ2n) is 6.28. The zero-order valence-electron chi connectivity index (χ0n) is 13.5. The summed E-state index contributed by atoms with van der Waals surface area (Å²) >= 11 is 0. The van der Waals surface area contributed by atoms with E-state index in [0.29, 0.717) is 0 Å². The molecule has 116 valence electrons. The van der Waals surface area contributed by atoms with Gasteiger partial charge in [0.15, 0.2) is 0 Å². The van der Waals surface area contributed by atoms with Crippen LogP contribution in [0.4, 0.5) is 0 Å². The van der Waals surface area contributed by atoms with Crippen LogP contribution < -0.4 is 15.4 Å². The van der Waals surface area contributed by atoms with Gasteiger partial charge in [-0.15, -0.1) is 0 Å². The Hall–Kier alpha value is -1.55. The number of rotatable bonds is 4. The molecule has 4 heteroatoms. The van der Waals surface area contributed by atoms with Crippen molar-refractivity contribution in [3.8, 4) is 5.75 Å². The number of amides is 1. The van der Waals surface area contributed by atoms with Crippen LogP contribution in [0.15, 0.2) is 18.2 Å². The van der Waals surface area contributed by atoms with Crippen LogP contribution in [-0.2, 0) is 4.79 Å². The van der Waals surface area contributed by atoms with E-state index in [0.717, 1.165) is 42.8 Å². The highest BCUT2D eigenvalue weighted by Crippen LogP contribution is 2.29. The van der Waals surface area contributed by atoms with Crippen molar-refractivity contribution in [1.82, 2.24) is 10.6 Å². The van der Waals surface area contributed by atoms with Gasteiger partial charge < -0.3 is 15.4 Å². The summed E-state index contributed by atoms with van der Waals surface area (Å²) in [5.41, 5.74) is 1.87. The molecule has 2 N–H and O–H groups in total. The smallest absolute Gasteiger partial charge is 0.227 e. The predicted octanol–water partition coefficient (Wildman–Crippen LogP) is 2.57. The number of nitrogens with one attached hydrogen (secondary N) is 2. The van der Waals surface area contributed by atoms with Gasteiger partial charge in [0.1, 0.15) is 5.75 Å². The van der Waals surface area contributed by atoms with E-state index in [1.54, 1.807) is 7.11 Å². The van der Waals surface area contributed by atoms with Crippen molar-refractivity contribution in [1.29, 1.82) is 0 Å². The van der Waals surface area contributed by atoms with E-state index in [-0.39, 0.29) is 17.4 Å². The zero-order valence-corrected chi connectivity index (χ0v) is 13.5. The largest absolute Gasteiger partial charge is 0.496 e. The quantitative estimate of drug-likeness (QED) is 0.896. The van der Waals surface area contributed by atoms with E-state index in [9.17, 15) is 4.79 Å². The molecule has 1 fully saturated rings. The third kappa shape index (κ3) is 3.56. The van der Waals surface area contributed by atoms with E-state index in [4.69, 9.17) is 4.74 Å². The third-order valence-electron chi connectivity index (χ3n) is 4.34. The lowest BCUT2D eigenvalue weighted by atomic mass is 9.81. The Morgan fingerprint density at radius 3 is 2.86 bits per heavy atom. The molecule has 2 rings (SSSR count). The Morgan fingerprint density at radius 1 is 1.48 bits per heavy atom. The Kier molecular flexibility index (Phi) is 4.88. The second-order valence-corrected chi connectivity index (χ2v) is 6.28. The molecule has 0 aliphatic carbocycles. The first-order valence-corrected chi connectivity index (χ1v) is 7.62. The second kappa shape index (κ2) is 6.48. The van der Waals surface area contributed by atoms with Crippen molar-refractivity contribution in [2.24, 2.45) is 5.41 Å². The molecule has 1 aliphatic heterocycles. The third-order valence-corrected chi connectivity index (χ3v) is 4.34. The van der Waals surface area contributed by atoms with E-state index in [1.807, 2.05) is 32.9 Å². The summed E-state index contributed by atoms with van der Waals surface area (Å²) in [6.45, 7) is 7.84. The number of hydrogen-bond donors (Lipinski definition) is 2. The maximum atomic E-state index is 12.6. The molecule has 4 nitrogen and oxygen atoms in total. The zero-order chi connectivity index (χ0) is 15.5. The molecule has 2 atom stereocenters. The van der Waals surface area contributed by atoms with Gasteiger partial charge >= 0.3 is 0 Å². The van der Waals surface area contributed by atoms with Gasteiger partial charge in [0.05, 0.1) is 18.6 Å². The number of hydrogen-bond acceptors (Lipinski definition) is 3. The van der Waals surface area contributed by atoms with Crippen LogP contribution in [0, 0.1) is 12.3 Å². The molecule has 2 unspecified atom stereocenters. The van der Waals surface area contributed by atoms with Crippen molar-refractivity contribution in [2.45, 2.75) is 39.7 Å². The molecule has 0 aromatic heterocycles. The van der Waals surface area contributed by atoms with Crippen molar-refractivity contribution >= 4 is 5.91 Å². The lowest BCUT2D eigenvalue weighted by Crippen LogP contribution is -2.49. The Labute approximate surface area is 127 Å². The average Bonchev–Trinajstić information content (AvgIpc) is 2.47. The van der Waals surface area contributed by atoms with E-state index < -0.39 is 0 Å². The molecule has 1 aliphatic rings. The highest BCUT2D eigenvalue weighted by molar-refractivity contribution is 5.83. The van der Waals surface area contributed by atoms with Gasteiger partial charge in [-0.05, 0) is 46.2 Å². The van der Waals surface area contributed by atoms with Crippen LogP contribution in [0.1, 0.15) is 43.9 Å². The van der Waals surface area contributed by atoms with Gasteiger partial charge in [0.2, 0.25) is 5.91 Å². The first kappa shape index (κ1) is 15.8. The molecule has 1 aromatic rings. The van der Waals surface area contributed by atoms with Crippen molar-refractivity contribution in [3.63, 3.8) is 0 Å². The van der Waals surface area contributed by atoms with Gasteiger partial charge in [-0.3, -0.25) is 4.79 Å². The molecule has 1 aromatic carbocycles. The monoisotopic (exact) mass is 290 g/mol. The summed E-state index contributed by atoms with van der Waals surface area (Å²) in [6.07, 6.45) is 1.98. The SMILES string of the molecule is COc1ccc(C)cc1C(C)NC(=O)C1(C)CCCNC1. The standard InChI is InChI=1S/C17H26N2O2/c1-12-6-7-15(21-4)14(10-12)13(2)19-16(20)17(3)8-5-9-18-11-17/h6-7,10,13,18H,5,8-9,11H2,1-4H3,(H,19,20). The summed E-state index contributed by atoms with van der Waals surface area (Å²) in [6, 6.07) is 5.98.